The van der Waals surface area contributed by atoms with Crippen LogP contribution in [0.3, 0.4) is 0 Å². The zero-order valence-corrected chi connectivity index (χ0v) is 12.8. The second-order valence-electron chi connectivity index (χ2n) is 5.19. The maximum absolute atomic E-state index is 13.5. The van der Waals surface area contributed by atoms with Gasteiger partial charge in [0.15, 0.2) is 0 Å². The number of anilines is 1. The summed E-state index contributed by atoms with van der Waals surface area (Å²) in [5.74, 6) is -0.531. The Bertz CT molecular complexity index is 773. The number of rotatable bonds is 4. The van der Waals surface area contributed by atoms with Crippen molar-refractivity contribution in [1.29, 1.82) is 0 Å². The Kier molecular flexibility index (Phi) is 5.13. The van der Waals surface area contributed by atoms with E-state index in [1.165, 1.54) is 35.0 Å². The van der Waals surface area contributed by atoms with Crippen molar-refractivity contribution in [3.8, 4) is 0 Å². The lowest BCUT2D eigenvalue weighted by atomic mass is 10.1. The molecule has 2 amide bonds. The van der Waals surface area contributed by atoms with E-state index in [1.807, 2.05) is 0 Å². The van der Waals surface area contributed by atoms with Crippen molar-refractivity contribution in [1.82, 2.24) is 9.88 Å². The summed E-state index contributed by atoms with van der Waals surface area (Å²) in [6.07, 6.45) is 0.355. The lowest BCUT2D eigenvalue weighted by Crippen LogP contribution is -2.33. The molecular weight excluding hydrogens is 301 g/mol. The fourth-order valence-electron chi connectivity index (χ4n) is 2.07. The number of nitrogens with zero attached hydrogens (tertiary/aromatic N) is 1. The van der Waals surface area contributed by atoms with E-state index >= 15 is 0 Å². The molecule has 3 N–H and O–H groups in total. The van der Waals surface area contributed by atoms with Crippen LogP contribution >= 0.6 is 0 Å². The number of benzene rings is 1. The Hall–Kier alpha value is -2.67. The summed E-state index contributed by atoms with van der Waals surface area (Å²) >= 11 is 0. The third-order valence-corrected chi connectivity index (χ3v) is 3.40. The molecule has 6 nitrogen and oxygen atoms in total. The molecule has 1 atom stereocenters. The second-order valence-corrected chi connectivity index (χ2v) is 5.19. The molecule has 0 saturated carbocycles. The number of halogens is 1. The summed E-state index contributed by atoms with van der Waals surface area (Å²) in [4.78, 5) is 23.3. The molecule has 7 heteroatoms. The van der Waals surface area contributed by atoms with Gasteiger partial charge in [-0.3, -0.25) is 4.79 Å². The smallest absolute Gasteiger partial charge is 0.319 e. The molecule has 2 aromatic rings. The van der Waals surface area contributed by atoms with Crippen LogP contribution in [0, 0.1) is 12.7 Å². The molecule has 2 rings (SSSR count). The van der Waals surface area contributed by atoms with Crippen LogP contribution in [0.1, 0.15) is 17.2 Å². The van der Waals surface area contributed by atoms with Gasteiger partial charge in [0.1, 0.15) is 5.82 Å². The number of amides is 2. The van der Waals surface area contributed by atoms with E-state index < -0.39 is 18.0 Å². The van der Waals surface area contributed by atoms with E-state index in [0.717, 1.165) is 0 Å². The van der Waals surface area contributed by atoms with Crippen molar-refractivity contribution in [2.75, 3.05) is 11.9 Å². The van der Waals surface area contributed by atoms with Gasteiger partial charge in [-0.2, -0.15) is 0 Å². The van der Waals surface area contributed by atoms with E-state index in [9.17, 15) is 19.1 Å². The van der Waals surface area contributed by atoms with Crippen LogP contribution in [0.5, 0.6) is 0 Å². The summed E-state index contributed by atoms with van der Waals surface area (Å²) in [5.41, 5.74) is 1.04. The highest BCUT2D eigenvalue weighted by molar-refractivity contribution is 5.89. The molecule has 1 aromatic heterocycles. The molecule has 1 heterocycles. The van der Waals surface area contributed by atoms with Crippen LogP contribution in [-0.4, -0.2) is 22.2 Å². The van der Waals surface area contributed by atoms with Gasteiger partial charge < -0.3 is 20.3 Å². The second kappa shape index (κ2) is 7.06. The van der Waals surface area contributed by atoms with Crippen LogP contribution in [0.2, 0.25) is 0 Å². The fourth-order valence-corrected chi connectivity index (χ4v) is 2.07. The molecular formula is C16H18FN3O3. The van der Waals surface area contributed by atoms with Crippen LogP contribution in [0.25, 0.3) is 0 Å². The number of carbonyl (C=O) groups is 1. The van der Waals surface area contributed by atoms with Crippen molar-refractivity contribution in [2.24, 2.45) is 7.05 Å². The first-order chi connectivity index (χ1) is 10.9. The summed E-state index contributed by atoms with van der Waals surface area (Å²) < 4.78 is 14.9. The quantitative estimate of drug-likeness (QED) is 0.802. The Balaban J connectivity index is 1.97. The molecule has 0 radical (unpaired) electrons. The number of aliphatic hydroxyl groups excluding tert-OH is 1. The topological polar surface area (TPSA) is 83.4 Å². The van der Waals surface area contributed by atoms with Gasteiger partial charge >= 0.3 is 6.03 Å². The number of hydrogen-bond donors (Lipinski definition) is 3. The molecule has 0 fully saturated rings. The van der Waals surface area contributed by atoms with E-state index in [-0.39, 0.29) is 17.7 Å². The average molecular weight is 319 g/mol. The summed E-state index contributed by atoms with van der Waals surface area (Å²) in [7, 11) is 1.58. The predicted octanol–water partition coefficient (Wildman–Crippen LogP) is 1.69. The Morgan fingerprint density at radius 1 is 1.39 bits per heavy atom. The molecule has 1 unspecified atom stereocenters. The van der Waals surface area contributed by atoms with Gasteiger partial charge in [0, 0.05) is 31.4 Å². The number of nitrogens with one attached hydrogen (secondary N) is 2. The number of aliphatic hydroxyl groups is 1. The zero-order valence-electron chi connectivity index (χ0n) is 12.8. The zero-order chi connectivity index (χ0) is 17.0. The molecule has 0 aliphatic rings. The van der Waals surface area contributed by atoms with E-state index in [0.29, 0.717) is 11.3 Å². The fraction of sp³-hybridized carbons (Fsp3) is 0.250. The Morgan fingerprint density at radius 3 is 2.78 bits per heavy atom. The maximum Gasteiger partial charge on any atom is 0.319 e. The molecule has 0 spiro atoms. The van der Waals surface area contributed by atoms with Gasteiger partial charge in [-0.15, -0.1) is 0 Å². The minimum atomic E-state index is -1.15. The van der Waals surface area contributed by atoms with Crippen LogP contribution in [-0.2, 0) is 7.05 Å². The number of aryl methyl sites for hydroxylation is 2. The van der Waals surface area contributed by atoms with Crippen LogP contribution in [0.15, 0.2) is 41.3 Å². The first kappa shape index (κ1) is 16.7. The number of carbonyl (C=O) groups excluding carboxylic acids is 1. The van der Waals surface area contributed by atoms with Crippen LogP contribution in [0.4, 0.5) is 14.9 Å². The van der Waals surface area contributed by atoms with Crippen molar-refractivity contribution < 1.29 is 14.3 Å². The predicted molar refractivity (Wildman–Crippen MR) is 84.8 cm³/mol. The molecule has 1 aromatic carbocycles. The largest absolute Gasteiger partial charge is 0.386 e. The van der Waals surface area contributed by atoms with Gasteiger partial charge in [0.05, 0.1) is 11.8 Å². The molecule has 0 aliphatic heterocycles. The standard InChI is InChI=1S/C16H18FN3O3/c1-10-7-15(22)20(2)9-13(10)19-16(23)18-8-14(21)11-5-3-4-6-12(11)17/h3-7,9,14,21H,8H2,1-2H3,(H2,18,19,23). The molecule has 0 bridgehead atoms. The van der Waals surface area contributed by atoms with Crippen molar-refractivity contribution in [2.45, 2.75) is 13.0 Å². The van der Waals surface area contributed by atoms with Gasteiger partial charge in [-0.05, 0) is 18.6 Å². The third-order valence-electron chi connectivity index (χ3n) is 3.40. The maximum atomic E-state index is 13.5. The average Bonchev–Trinajstić information content (AvgIpc) is 2.51. The van der Waals surface area contributed by atoms with Crippen LogP contribution < -0.4 is 16.2 Å². The van der Waals surface area contributed by atoms with Crippen molar-refractivity contribution in [3.63, 3.8) is 0 Å². The first-order valence-corrected chi connectivity index (χ1v) is 7.03. The van der Waals surface area contributed by atoms with Gasteiger partial charge in [0.2, 0.25) is 0 Å². The van der Waals surface area contributed by atoms with Gasteiger partial charge in [-0.1, -0.05) is 18.2 Å². The molecule has 0 aliphatic carbocycles. The summed E-state index contributed by atoms with van der Waals surface area (Å²) in [5, 5.41) is 15.0. The van der Waals surface area contributed by atoms with E-state index in [2.05, 4.69) is 10.6 Å². The highest BCUT2D eigenvalue weighted by Gasteiger charge is 2.13. The first-order valence-electron chi connectivity index (χ1n) is 7.03. The summed E-state index contributed by atoms with van der Waals surface area (Å²) in [6, 6.07) is 6.68. The number of hydrogen-bond acceptors (Lipinski definition) is 3. The number of aromatic nitrogens is 1. The summed E-state index contributed by atoms with van der Waals surface area (Å²) in [6.45, 7) is 1.56. The molecule has 23 heavy (non-hydrogen) atoms. The lowest BCUT2D eigenvalue weighted by Gasteiger charge is -2.14. The van der Waals surface area contributed by atoms with E-state index in [1.54, 1.807) is 20.0 Å². The molecule has 0 saturated heterocycles. The minimum absolute atomic E-state index is 0.117. The van der Waals surface area contributed by atoms with E-state index in [4.69, 9.17) is 0 Å². The van der Waals surface area contributed by atoms with Crippen molar-refractivity contribution >= 4 is 11.7 Å². The third kappa shape index (κ3) is 4.17. The monoisotopic (exact) mass is 319 g/mol. The highest BCUT2D eigenvalue weighted by Crippen LogP contribution is 2.16. The molecule has 122 valence electrons. The number of urea groups is 1. The lowest BCUT2D eigenvalue weighted by molar-refractivity contribution is 0.170. The minimum Gasteiger partial charge on any atom is -0.386 e. The number of pyridine rings is 1. The normalized spacial score (nSPS) is 11.8. The Morgan fingerprint density at radius 2 is 2.09 bits per heavy atom. The highest BCUT2D eigenvalue weighted by atomic mass is 19.1. The Labute approximate surface area is 132 Å². The van der Waals surface area contributed by atoms with Gasteiger partial charge in [0.25, 0.3) is 5.56 Å². The SMILES string of the molecule is Cc1cc(=O)n(C)cc1NC(=O)NCC(O)c1ccccc1F. The van der Waals surface area contributed by atoms with Crippen molar-refractivity contribution in [3.05, 3.63) is 63.8 Å². The van der Waals surface area contributed by atoms with Gasteiger partial charge in [-0.25, -0.2) is 9.18 Å².